The van der Waals surface area contributed by atoms with Crippen molar-refractivity contribution in [2.24, 2.45) is 0 Å². The van der Waals surface area contributed by atoms with Crippen molar-refractivity contribution < 1.29 is 14.0 Å². The Morgan fingerprint density at radius 1 is 0.533 bits per heavy atom. The van der Waals surface area contributed by atoms with Crippen molar-refractivity contribution >= 4 is 21.5 Å². The van der Waals surface area contributed by atoms with Crippen molar-refractivity contribution in [3.8, 4) is 44.9 Å². The van der Waals surface area contributed by atoms with Crippen LogP contribution in [0.3, 0.4) is 0 Å². The molecule has 6 aromatic carbocycles. The zero-order valence-electron chi connectivity index (χ0n) is 26.9. The van der Waals surface area contributed by atoms with Crippen LogP contribution in [0, 0.1) is 0 Å². The van der Waals surface area contributed by atoms with Gasteiger partial charge in [-0.15, -0.1) is 0 Å². The Bertz CT molecular complexity index is 1880. The summed E-state index contributed by atoms with van der Waals surface area (Å²) in [5.74, 6) is 1.77. The monoisotopic (exact) mass is 592 g/mol. The molecule has 7 rings (SSSR count). The van der Waals surface area contributed by atoms with Crippen molar-refractivity contribution in [3.63, 3.8) is 0 Å². The van der Waals surface area contributed by atoms with Gasteiger partial charge in [-0.05, 0) is 93.0 Å². The van der Waals surface area contributed by atoms with E-state index >= 15 is 0 Å². The van der Waals surface area contributed by atoms with E-state index in [9.17, 15) is 0 Å². The van der Waals surface area contributed by atoms with E-state index in [4.69, 9.17) is 9.47 Å². The molecule has 3 nitrogen and oxygen atoms in total. The normalized spacial score (nSPS) is 13.7. The fraction of sp³-hybridized carbons (Fsp3) is 0.238. The van der Waals surface area contributed by atoms with E-state index in [0.29, 0.717) is 0 Å². The van der Waals surface area contributed by atoms with E-state index in [2.05, 4.69) is 111 Å². The molecular formula is C42H42NO2+. The Labute approximate surface area is 267 Å². The Morgan fingerprint density at radius 2 is 0.978 bits per heavy atom. The van der Waals surface area contributed by atoms with Gasteiger partial charge in [-0.25, -0.2) is 0 Å². The SMILES string of the molecule is CCC[N+]1(CCC)Cc2c(-c3cccc(OC)c3)cc3ccccc3c2-c2c(c(-c3cccc(OC)c3)cc3ccccc23)C1. The molecule has 45 heavy (non-hydrogen) atoms. The third-order valence-corrected chi connectivity index (χ3v) is 9.71. The van der Waals surface area contributed by atoms with Gasteiger partial charge in [-0.3, -0.25) is 0 Å². The van der Waals surface area contributed by atoms with Crippen molar-refractivity contribution in [2.75, 3.05) is 27.3 Å². The molecule has 0 saturated heterocycles. The first kappa shape index (κ1) is 29.1. The second-order valence-electron chi connectivity index (χ2n) is 12.6. The fourth-order valence-electron chi connectivity index (χ4n) is 7.88. The van der Waals surface area contributed by atoms with Crippen LogP contribution in [0.4, 0.5) is 0 Å². The van der Waals surface area contributed by atoms with Gasteiger partial charge < -0.3 is 14.0 Å². The lowest BCUT2D eigenvalue weighted by Crippen LogP contribution is -2.47. The predicted molar refractivity (Wildman–Crippen MR) is 189 cm³/mol. The minimum Gasteiger partial charge on any atom is -0.497 e. The summed E-state index contributed by atoms with van der Waals surface area (Å²) >= 11 is 0. The highest BCUT2D eigenvalue weighted by atomic mass is 16.5. The van der Waals surface area contributed by atoms with Gasteiger partial charge in [0.15, 0.2) is 0 Å². The van der Waals surface area contributed by atoms with Gasteiger partial charge in [-0.2, -0.15) is 0 Å². The first-order valence-electron chi connectivity index (χ1n) is 16.3. The molecule has 0 spiro atoms. The van der Waals surface area contributed by atoms with Crippen LogP contribution in [0.1, 0.15) is 37.8 Å². The highest BCUT2D eigenvalue weighted by Gasteiger charge is 2.37. The number of methoxy groups -OCH3 is 2. The Balaban J connectivity index is 1.69. The first-order valence-corrected chi connectivity index (χ1v) is 16.3. The molecular weight excluding hydrogens is 550 g/mol. The quantitative estimate of drug-likeness (QED) is 0.164. The topological polar surface area (TPSA) is 18.5 Å². The maximum Gasteiger partial charge on any atom is 0.119 e. The van der Waals surface area contributed by atoms with E-state index in [1.54, 1.807) is 14.2 Å². The molecule has 0 fully saturated rings. The average molecular weight is 593 g/mol. The zero-order chi connectivity index (χ0) is 31.0. The number of nitrogens with zero attached hydrogens (tertiary/aromatic N) is 1. The van der Waals surface area contributed by atoms with Gasteiger partial charge in [0.1, 0.15) is 24.6 Å². The summed E-state index contributed by atoms with van der Waals surface area (Å²) in [7, 11) is 3.51. The van der Waals surface area contributed by atoms with Crippen LogP contribution in [-0.2, 0) is 13.1 Å². The molecule has 0 amide bonds. The Morgan fingerprint density at radius 3 is 1.40 bits per heavy atom. The third-order valence-electron chi connectivity index (χ3n) is 9.71. The minimum atomic E-state index is 0.886. The van der Waals surface area contributed by atoms with Crippen molar-refractivity contribution in [3.05, 3.63) is 120 Å². The van der Waals surface area contributed by atoms with Crippen molar-refractivity contribution in [1.82, 2.24) is 0 Å². The summed E-state index contributed by atoms with van der Waals surface area (Å²) < 4.78 is 12.5. The summed E-state index contributed by atoms with van der Waals surface area (Å²) in [4.78, 5) is 0. The molecule has 1 aliphatic rings. The van der Waals surface area contributed by atoms with Crippen LogP contribution in [-0.4, -0.2) is 31.8 Å². The van der Waals surface area contributed by atoms with E-state index in [1.165, 1.54) is 66.1 Å². The summed E-state index contributed by atoms with van der Waals surface area (Å²) in [5.41, 5.74) is 10.7. The Kier molecular flexibility index (Phi) is 7.81. The smallest absolute Gasteiger partial charge is 0.119 e. The number of fused-ring (bicyclic) bond motifs is 7. The molecule has 1 aliphatic heterocycles. The van der Waals surface area contributed by atoms with Crippen LogP contribution in [0.15, 0.2) is 109 Å². The molecule has 0 aliphatic carbocycles. The van der Waals surface area contributed by atoms with Gasteiger partial charge >= 0.3 is 0 Å². The van der Waals surface area contributed by atoms with E-state index in [0.717, 1.165) is 55.0 Å². The number of hydrogen-bond donors (Lipinski definition) is 0. The average Bonchev–Trinajstić information content (AvgIpc) is 3.23. The molecule has 1 heterocycles. The van der Waals surface area contributed by atoms with Gasteiger partial charge in [-0.1, -0.05) is 86.6 Å². The fourth-order valence-corrected chi connectivity index (χ4v) is 7.88. The highest BCUT2D eigenvalue weighted by molar-refractivity contribution is 6.12. The van der Waals surface area contributed by atoms with Crippen LogP contribution >= 0.6 is 0 Å². The molecule has 0 atom stereocenters. The molecule has 3 heteroatoms. The first-order chi connectivity index (χ1) is 22.1. The summed E-state index contributed by atoms with van der Waals surface area (Å²) in [6.45, 7) is 8.90. The lowest BCUT2D eigenvalue weighted by Gasteiger charge is -2.39. The lowest BCUT2D eigenvalue weighted by atomic mass is 9.82. The maximum absolute atomic E-state index is 5.73. The van der Waals surface area contributed by atoms with Crippen molar-refractivity contribution in [2.45, 2.75) is 39.8 Å². The van der Waals surface area contributed by atoms with Crippen molar-refractivity contribution in [1.29, 1.82) is 0 Å². The van der Waals surface area contributed by atoms with Crippen LogP contribution in [0.25, 0.3) is 54.9 Å². The van der Waals surface area contributed by atoms with Gasteiger partial charge in [0, 0.05) is 22.3 Å². The maximum atomic E-state index is 5.73. The van der Waals surface area contributed by atoms with Crippen LogP contribution in [0.2, 0.25) is 0 Å². The van der Waals surface area contributed by atoms with Gasteiger partial charge in [0.2, 0.25) is 0 Å². The molecule has 6 aromatic rings. The summed E-state index contributed by atoms with van der Waals surface area (Å²) in [6, 6.07) is 40.0. The van der Waals surface area contributed by atoms with Crippen LogP contribution < -0.4 is 9.47 Å². The second-order valence-corrected chi connectivity index (χ2v) is 12.6. The van der Waals surface area contributed by atoms with E-state index in [-0.39, 0.29) is 0 Å². The number of hydrogen-bond acceptors (Lipinski definition) is 2. The van der Waals surface area contributed by atoms with E-state index < -0.39 is 0 Å². The number of rotatable bonds is 8. The molecule has 0 radical (unpaired) electrons. The molecule has 226 valence electrons. The number of quaternary nitrogens is 1. The number of ether oxygens (including phenoxy) is 2. The number of benzene rings is 6. The van der Waals surface area contributed by atoms with Gasteiger partial charge in [0.25, 0.3) is 0 Å². The highest BCUT2D eigenvalue weighted by Crippen LogP contribution is 2.50. The molecule has 0 N–H and O–H groups in total. The van der Waals surface area contributed by atoms with Gasteiger partial charge in [0.05, 0.1) is 27.3 Å². The lowest BCUT2D eigenvalue weighted by molar-refractivity contribution is -0.953. The molecule has 0 unspecified atom stereocenters. The summed E-state index contributed by atoms with van der Waals surface area (Å²) in [6.07, 6.45) is 2.27. The largest absolute Gasteiger partial charge is 0.497 e. The van der Waals surface area contributed by atoms with Crippen LogP contribution in [0.5, 0.6) is 11.5 Å². The predicted octanol–water partition coefficient (Wildman–Crippen LogP) is 10.7. The second kappa shape index (κ2) is 12.1. The zero-order valence-corrected chi connectivity index (χ0v) is 26.9. The summed E-state index contributed by atoms with van der Waals surface area (Å²) in [5, 5.41) is 5.17. The Hall–Kier alpha value is -4.60. The standard InChI is InChI=1S/C42H42NO2/c1-5-21-43(22-6-2)27-39-37(29-15-11-17-33(23-29)44-3)25-31-13-7-9-19-35(31)41(39)42-36-20-10-8-14-32(36)26-38(40(42)28-43)30-16-12-18-34(24-30)45-4/h7-20,23-26H,5-6,21-22,27-28H2,1-4H3/q+1. The van der Waals surface area contributed by atoms with E-state index in [1.807, 2.05) is 12.1 Å². The minimum absolute atomic E-state index is 0.886. The molecule has 0 bridgehead atoms. The molecule has 0 aromatic heterocycles. The molecule has 0 saturated carbocycles. The third kappa shape index (κ3) is 5.15.